The lowest BCUT2D eigenvalue weighted by Gasteiger charge is -2.40. The van der Waals surface area contributed by atoms with Gasteiger partial charge >= 0.3 is 0 Å². The lowest BCUT2D eigenvalue weighted by Crippen LogP contribution is -2.52. The Kier molecular flexibility index (Phi) is 9.77. The number of phenols is 1. The Bertz CT molecular complexity index is 2160. The maximum absolute atomic E-state index is 14.8. The molecule has 0 bridgehead atoms. The van der Waals surface area contributed by atoms with Crippen molar-refractivity contribution in [1.29, 1.82) is 5.26 Å². The topological polar surface area (TPSA) is 105 Å². The Balaban J connectivity index is 1.28. The molecule has 3 aromatic carbocycles. The van der Waals surface area contributed by atoms with Gasteiger partial charge in [0.2, 0.25) is 0 Å². The van der Waals surface area contributed by atoms with E-state index in [2.05, 4.69) is 29.2 Å². The highest BCUT2D eigenvalue weighted by Crippen LogP contribution is 2.35. The van der Waals surface area contributed by atoms with E-state index in [4.69, 9.17) is 16.3 Å². The Morgan fingerprint density at radius 3 is 2.42 bits per heavy atom. The number of anilines is 1. The number of aromatic nitrogens is 1. The van der Waals surface area contributed by atoms with Gasteiger partial charge in [0.15, 0.2) is 5.71 Å². The van der Waals surface area contributed by atoms with Gasteiger partial charge in [-0.1, -0.05) is 35.9 Å². The average molecular weight is 718 g/mol. The number of likely N-dealkylation sites (N-methyl/N-ethyl adjacent to an activating group) is 1. The Labute approximate surface area is 309 Å². The van der Waals surface area contributed by atoms with Crippen LogP contribution in [0.2, 0.25) is 5.02 Å². The number of nitrogens with zero attached hydrogens (tertiary/aromatic N) is 6. The minimum atomic E-state index is -0.538. The normalized spacial score (nSPS) is 18.9. The number of allylic oxidation sites excluding steroid dienone is 1. The fourth-order valence-corrected chi connectivity index (χ4v) is 7.71. The van der Waals surface area contributed by atoms with E-state index in [-0.39, 0.29) is 23.6 Å². The summed E-state index contributed by atoms with van der Waals surface area (Å²) in [6.07, 6.45) is 2.53. The number of ether oxygens (including phenoxy) is 1. The molecule has 1 saturated heterocycles. The summed E-state index contributed by atoms with van der Waals surface area (Å²) in [4.78, 5) is 35.5. The molecule has 2 amide bonds. The molecule has 1 fully saturated rings. The zero-order valence-electron chi connectivity index (χ0n) is 29.8. The quantitative estimate of drug-likeness (QED) is 0.243. The van der Waals surface area contributed by atoms with Crippen molar-refractivity contribution < 1.29 is 24.0 Å². The van der Waals surface area contributed by atoms with Crippen LogP contribution >= 0.6 is 11.6 Å². The van der Waals surface area contributed by atoms with Crippen LogP contribution in [0.15, 0.2) is 84.6 Å². The van der Waals surface area contributed by atoms with Crippen LogP contribution in [0.25, 0.3) is 11.3 Å². The second-order valence-corrected chi connectivity index (χ2v) is 14.2. The van der Waals surface area contributed by atoms with E-state index in [1.165, 1.54) is 17.7 Å². The molecule has 52 heavy (non-hydrogen) atoms. The minimum Gasteiger partial charge on any atom is -0.508 e. The Hall–Kier alpha value is -5.21. The number of benzene rings is 3. The van der Waals surface area contributed by atoms with E-state index in [0.717, 1.165) is 37.3 Å². The van der Waals surface area contributed by atoms with E-state index in [1.807, 2.05) is 54.1 Å². The summed E-state index contributed by atoms with van der Waals surface area (Å²) < 4.78 is 9.35. The van der Waals surface area contributed by atoms with E-state index in [9.17, 15) is 20.0 Å². The van der Waals surface area contributed by atoms with Gasteiger partial charge in [-0.05, 0) is 73.0 Å². The summed E-state index contributed by atoms with van der Waals surface area (Å²) in [5, 5.41) is 20.3. The summed E-state index contributed by atoms with van der Waals surface area (Å²) in [6, 6.07) is 23.6. The Morgan fingerprint density at radius 2 is 1.73 bits per heavy atom. The monoisotopic (exact) mass is 717 g/mol. The molecule has 0 radical (unpaired) electrons. The third-order valence-electron chi connectivity index (χ3n) is 10.8. The highest BCUT2D eigenvalue weighted by Gasteiger charge is 2.37. The number of hydrogen-bond acceptors (Lipinski definition) is 6. The van der Waals surface area contributed by atoms with Crippen molar-refractivity contribution >= 4 is 34.8 Å². The van der Waals surface area contributed by atoms with Crippen molar-refractivity contribution in [3.8, 4) is 23.1 Å². The summed E-state index contributed by atoms with van der Waals surface area (Å²) in [6.45, 7) is 8.01. The first-order valence-corrected chi connectivity index (χ1v) is 17.9. The number of rotatable bonds is 7. The van der Waals surface area contributed by atoms with Gasteiger partial charge in [-0.15, -0.1) is 0 Å². The lowest BCUT2D eigenvalue weighted by molar-refractivity contribution is -0.507. The molecular formula is C41H42ClN6O4+. The van der Waals surface area contributed by atoms with Gasteiger partial charge < -0.3 is 19.3 Å². The number of aromatic hydroxyl groups is 1. The number of nitriles is 1. The predicted molar refractivity (Wildman–Crippen MR) is 201 cm³/mol. The van der Waals surface area contributed by atoms with Crippen molar-refractivity contribution in [2.45, 2.75) is 38.9 Å². The third-order valence-corrected chi connectivity index (χ3v) is 11.0. The van der Waals surface area contributed by atoms with Crippen molar-refractivity contribution in [2.24, 2.45) is 7.05 Å². The van der Waals surface area contributed by atoms with Crippen molar-refractivity contribution in [1.82, 2.24) is 14.4 Å². The van der Waals surface area contributed by atoms with Crippen LogP contribution in [0.1, 0.15) is 44.5 Å². The largest absolute Gasteiger partial charge is 0.508 e. The smallest absolute Gasteiger partial charge is 0.264 e. The van der Waals surface area contributed by atoms with Gasteiger partial charge in [0.25, 0.3) is 17.9 Å². The van der Waals surface area contributed by atoms with E-state index in [0.29, 0.717) is 64.2 Å². The van der Waals surface area contributed by atoms with Crippen molar-refractivity contribution in [3.63, 3.8) is 0 Å². The molecule has 10 nitrogen and oxygen atoms in total. The molecule has 4 heterocycles. The average Bonchev–Trinajstić information content (AvgIpc) is 3.61. The number of morpholine rings is 1. The van der Waals surface area contributed by atoms with Crippen LogP contribution in [-0.2, 0) is 24.8 Å². The molecule has 1 aromatic heterocycles. The maximum Gasteiger partial charge on any atom is 0.264 e. The maximum atomic E-state index is 14.8. The van der Waals surface area contributed by atoms with Gasteiger partial charge in [0, 0.05) is 85.5 Å². The lowest BCUT2D eigenvalue weighted by atomic mass is 9.92. The molecule has 7 rings (SSSR count). The second-order valence-electron chi connectivity index (χ2n) is 13.7. The molecule has 1 N–H and O–H groups in total. The second kappa shape index (κ2) is 14.4. The van der Waals surface area contributed by atoms with E-state index in [1.54, 1.807) is 41.3 Å². The first-order valence-electron chi connectivity index (χ1n) is 17.5. The molecule has 11 heteroatoms. The Morgan fingerprint density at radius 1 is 1.02 bits per heavy atom. The zero-order chi connectivity index (χ0) is 36.7. The molecule has 4 aromatic rings. The molecular weight excluding hydrogens is 676 g/mol. The van der Waals surface area contributed by atoms with Crippen LogP contribution in [0.3, 0.4) is 0 Å². The van der Waals surface area contributed by atoms with Crippen molar-refractivity contribution in [3.05, 3.63) is 118 Å². The van der Waals surface area contributed by atoms with Crippen LogP contribution in [0.5, 0.6) is 5.75 Å². The van der Waals surface area contributed by atoms with Crippen molar-refractivity contribution in [2.75, 3.05) is 44.8 Å². The standard InChI is InChI=1S/C41H41ClN6O4/c1-26-36(41(51)48(31-10-12-34(49)13-11-31)38-21-32(23-43)44(3)27(38)2)22-39(45(26)4)37-20-30(42)9-14-35(37)40(50)47-24-29-8-6-5-7-28(29)19-33(47)25-46-15-17-52-18-16-46/h5-14,20-22,32-33H,15-19,24-25H2,1-4H3/p+1/t32?,33-/m0/s1. The zero-order valence-corrected chi connectivity index (χ0v) is 30.6. The first-order chi connectivity index (χ1) is 25.0. The van der Waals surface area contributed by atoms with Gasteiger partial charge in [0.1, 0.15) is 24.6 Å². The molecule has 3 aliphatic rings. The van der Waals surface area contributed by atoms with E-state index < -0.39 is 6.04 Å². The number of carbonyl (C=O) groups excluding carboxylic acids is 2. The number of phenolic OH excluding ortho intramolecular Hbond substituents is 1. The molecule has 0 spiro atoms. The number of amides is 2. The SMILES string of the molecule is CC1=[N+](C)C(C#N)C=C1N(C(=O)c1cc(-c2cc(Cl)ccc2C(=O)N2Cc3ccccc3C[C@H]2CN2CCOCC2)n(C)c1C)c1ccc(O)cc1. The highest BCUT2D eigenvalue weighted by atomic mass is 35.5. The molecule has 1 unspecified atom stereocenters. The van der Waals surface area contributed by atoms with Gasteiger partial charge in [-0.3, -0.25) is 19.4 Å². The van der Waals surface area contributed by atoms with Crippen LogP contribution in [-0.4, -0.2) is 93.6 Å². The van der Waals surface area contributed by atoms with Gasteiger partial charge in [0.05, 0.1) is 18.8 Å². The minimum absolute atomic E-state index is 0.0373. The van der Waals surface area contributed by atoms with E-state index >= 15 is 0 Å². The summed E-state index contributed by atoms with van der Waals surface area (Å²) in [5.41, 5.74) is 7.23. The number of halogens is 1. The van der Waals surface area contributed by atoms with Crippen LogP contribution < -0.4 is 4.90 Å². The number of fused-ring (bicyclic) bond motifs is 1. The predicted octanol–water partition coefficient (Wildman–Crippen LogP) is 5.80. The highest BCUT2D eigenvalue weighted by molar-refractivity contribution is 6.31. The molecule has 0 aliphatic carbocycles. The van der Waals surface area contributed by atoms with Crippen LogP contribution in [0, 0.1) is 18.3 Å². The molecule has 0 saturated carbocycles. The fourth-order valence-electron chi connectivity index (χ4n) is 7.53. The van der Waals surface area contributed by atoms with Crippen LogP contribution in [0.4, 0.5) is 5.69 Å². The summed E-state index contributed by atoms with van der Waals surface area (Å²) >= 11 is 6.64. The summed E-state index contributed by atoms with van der Waals surface area (Å²) in [5.74, 6) is -0.329. The summed E-state index contributed by atoms with van der Waals surface area (Å²) in [7, 11) is 3.70. The molecule has 266 valence electrons. The fraction of sp³-hybridized carbons (Fsp3) is 0.317. The van der Waals surface area contributed by atoms with Gasteiger partial charge in [-0.25, -0.2) is 4.58 Å². The molecule has 3 aliphatic heterocycles. The third kappa shape index (κ3) is 6.52. The number of carbonyl (C=O) groups is 2. The number of hydrogen-bond donors (Lipinski definition) is 1. The molecule has 2 atom stereocenters. The van der Waals surface area contributed by atoms with Gasteiger partial charge in [-0.2, -0.15) is 5.26 Å². The first kappa shape index (κ1) is 35.2.